The van der Waals surface area contributed by atoms with Crippen LogP contribution in [0.5, 0.6) is 0 Å². The number of hydrogen-bond acceptors (Lipinski definition) is 4. The van der Waals surface area contributed by atoms with Gasteiger partial charge in [0.05, 0.1) is 0 Å². The van der Waals surface area contributed by atoms with Gasteiger partial charge in [-0.1, -0.05) is 69.3 Å². The summed E-state index contributed by atoms with van der Waals surface area (Å²) >= 11 is 0. The molecule has 2 aromatic carbocycles. The van der Waals surface area contributed by atoms with Crippen molar-refractivity contribution in [2.75, 3.05) is 13.7 Å². The van der Waals surface area contributed by atoms with E-state index in [4.69, 9.17) is 4.74 Å². The Bertz CT molecular complexity index is 1070. The van der Waals surface area contributed by atoms with Crippen molar-refractivity contribution in [3.63, 3.8) is 0 Å². The molecular weight excluding hydrogens is 444 g/mol. The number of carbonyl (C=O) groups excluding carboxylic acids is 2. The molecule has 0 radical (unpaired) electrons. The molecule has 0 saturated heterocycles. The first-order chi connectivity index (χ1) is 16.5. The highest BCUT2D eigenvalue weighted by Gasteiger charge is 2.41. The number of nitrogens with zero attached hydrogens (tertiary/aromatic N) is 1. The largest absolute Gasteiger partial charge is 0.480 e. The number of fused-ring (bicyclic) bond motifs is 3. The van der Waals surface area contributed by atoms with Gasteiger partial charge in [0.25, 0.3) is 0 Å². The summed E-state index contributed by atoms with van der Waals surface area (Å²) in [6.07, 6.45) is 0.843. The average molecular weight is 479 g/mol. The summed E-state index contributed by atoms with van der Waals surface area (Å²) in [5.74, 6) is -1.48. The van der Waals surface area contributed by atoms with Crippen LogP contribution in [0.1, 0.15) is 57.1 Å². The number of likely N-dealkylation sites (N-methyl/N-ethyl adjacent to an activating group) is 1. The van der Waals surface area contributed by atoms with Gasteiger partial charge in [-0.15, -0.1) is 0 Å². The van der Waals surface area contributed by atoms with Crippen molar-refractivity contribution in [2.45, 2.75) is 58.0 Å². The molecule has 7 nitrogen and oxygen atoms in total. The minimum absolute atomic E-state index is 0.00622. The first-order valence-electron chi connectivity index (χ1n) is 12.2. The molecule has 1 atom stereocenters. The van der Waals surface area contributed by atoms with Crippen LogP contribution in [0.4, 0.5) is 4.79 Å². The molecule has 0 spiro atoms. The van der Waals surface area contributed by atoms with Gasteiger partial charge in [0.15, 0.2) is 0 Å². The van der Waals surface area contributed by atoms with Gasteiger partial charge in [-0.2, -0.15) is 0 Å². The predicted molar refractivity (Wildman–Crippen MR) is 133 cm³/mol. The number of nitrogens with one attached hydrogen (secondary N) is 1. The number of carboxylic acids is 1. The van der Waals surface area contributed by atoms with Crippen molar-refractivity contribution in [2.24, 2.45) is 11.3 Å². The quantitative estimate of drug-likeness (QED) is 0.604. The van der Waals surface area contributed by atoms with Gasteiger partial charge < -0.3 is 20.1 Å². The summed E-state index contributed by atoms with van der Waals surface area (Å²) in [4.78, 5) is 38.4. The highest BCUT2D eigenvalue weighted by molar-refractivity contribution is 5.86. The molecule has 0 aromatic heterocycles. The third-order valence-corrected chi connectivity index (χ3v) is 7.06. The number of amides is 2. The molecule has 186 valence electrons. The second kappa shape index (κ2) is 9.72. The number of carboxylic acid groups (broad SMARTS) is 1. The number of carbonyl (C=O) groups is 3. The van der Waals surface area contributed by atoms with E-state index in [1.807, 2.05) is 45.0 Å². The SMILES string of the molecule is CN(C(=O)C1CC(NC(=O)OCC2c3ccccc3-c3ccccc32)C1)C(CC(C)(C)C)C(=O)O. The van der Waals surface area contributed by atoms with Crippen LogP contribution in [-0.4, -0.2) is 53.7 Å². The van der Waals surface area contributed by atoms with E-state index in [1.54, 1.807) is 7.05 Å². The lowest BCUT2D eigenvalue weighted by atomic mass is 9.78. The molecule has 0 bridgehead atoms. The summed E-state index contributed by atoms with van der Waals surface area (Å²) in [5, 5.41) is 12.5. The second-order valence-electron chi connectivity index (χ2n) is 10.9. The zero-order valence-corrected chi connectivity index (χ0v) is 20.8. The highest BCUT2D eigenvalue weighted by Crippen LogP contribution is 2.44. The second-order valence-corrected chi connectivity index (χ2v) is 10.9. The number of hydrogen-bond donors (Lipinski definition) is 2. The molecular formula is C28H34N2O5. The topological polar surface area (TPSA) is 95.9 Å². The van der Waals surface area contributed by atoms with Crippen molar-refractivity contribution in [3.05, 3.63) is 59.7 Å². The predicted octanol–water partition coefficient (Wildman–Crippen LogP) is 4.65. The van der Waals surface area contributed by atoms with Crippen LogP contribution in [0.3, 0.4) is 0 Å². The zero-order valence-electron chi connectivity index (χ0n) is 20.8. The maximum atomic E-state index is 12.8. The fourth-order valence-electron chi connectivity index (χ4n) is 5.16. The highest BCUT2D eigenvalue weighted by atomic mass is 16.5. The molecule has 2 aromatic rings. The monoisotopic (exact) mass is 478 g/mol. The fourth-order valence-corrected chi connectivity index (χ4v) is 5.16. The van der Waals surface area contributed by atoms with Crippen LogP contribution >= 0.6 is 0 Å². The van der Waals surface area contributed by atoms with Crippen molar-refractivity contribution < 1.29 is 24.2 Å². The van der Waals surface area contributed by atoms with Crippen LogP contribution < -0.4 is 5.32 Å². The average Bonchev–Trinajstić information content (AvgIpc) is 3.10. The fraction of sp³-hybridized carbons (Fsp3) is 0.464. The Labute approximate surface area is 206 Å². The Balaban J connectivity index is 1.28. The van der Waals surface area contributed by atoms with Crippen molar-refractivity contribution in [1.82, 2.24) is 10.2 Å². The van der Waals surface area contributed by atoms with Gasteiger partial charge in [0.2, 0.25) is 5.91 Å². The Hall–Kier alpha value is -3.35. The van der Waals surface area contributed by atoms with Gasteiger partial charge in [-0.25, -0.2) is 9.59 Å². The van der Waals surface area contributed by atoms with Gasteiger partial charge in [0, 0.05) is 24.9 Å². The molecule has 2 amide bonds. The van der Waals surface area contributed by atoms with Crippen molar-refractivity contribution >= 4 is 18.0 Å². The Morgan fingerprint density at radius 2 is 1.57 bits per heavy atom. The van der Waals surface area contributed by atoms with E-state index in [9.17, 15) is 19.5 Å². The maximum absolute atomic E-state index is 12.8. The van der Waals surface area contributed by atoms with E-state index in [2.05, 4.69) is 29.6 Å². The summed E-state index contributed by atoms with van der Waals surface area (Å²) in [6.45, 7) is 6.11. The minimum atomic E-state index is -0.997. The van der Waals surface area contributed by atoms with E-state index in [1.165, 1.54) is 16.0 Å². The lowest BCUT2D eigenvalue weighted by Gasteiger charge is -2.39. The first kappa shape index (κ1) is 24.8. The summed E-state index contributed by atoms with van der Waals surface area (Å²) in [5.41, 5.74) is 4.44. The number of benzene rings is 2. The van der Waals surface area contributed by atoms with Crippen LogP contribution in [0.25, 0.3) is 11.1 Å². The van der Waals surface area contributed by atoms with Gasteiger partial charge in [-0.3, -0.25) is 4.79 Å². The van der Waals surface area contributed by atoms with Crippen LogP contribution in [0, 0.1) is 11.3 Å². The molecule has 2 N–H and O–H groups in total. The van der Waals surface area contributed by atoms with E-state index in [0.717, 1.165) is 11.1 Å². The Kier molecular flexibility index (Phi) is 6.88. The number of ether oxygens (including phenoxy) is 1. The molecule has 4 rings (SSSR count). The van der Waals surface area contributed by atoms with E-state index < -0.39 is 18.1 Å². The van der Waals surface area contributed by atoms with E-state index >= 15 is 0 Å². The lowest BCUT2D eigenvalue weighted by Crippen LogP contribution is -2.53. The summed E-state index contributed by atoms with van der Waals surface area (Å²) in [6, 6.07) is 15.3. The maximum Gasteiger partial charge on any atom is 0.407 e. The number of aliphatic carboxylic acids is 1. The smallest absolute Gasteiger partial charge is 0.407 e. The van der Waals surface area contributed by atoms with Crippen LogP contribution in [0.2, 0.25) is 0 Å². The van der Waals surface area contributed by atoms with E-state index in [-0.39, 0.29) is 35.8 Å². The standard InChI is InChI=1S/C28H34N2O5/c1-28(2,3)15-24(26(32)33)30(4)25(31)17-13-18(14-17)29-27(34)35-16-23-21-11-7-5-9-19(21)20-10-6-8-12-22(20)23/h5-12,17-18,23-24H,13-16H2,1-4H3,(H,29,34)(H,32,33). The first-order valence-corrected chi connectivity index (χ1v) is 12.2. The molecule has 1 fully saturated rings. The third kappa shape index (κ3) is 5.34. The van der Waals surface area contributed by atoms with Gasteiger partial charge >= 0.3 is 12.1 Å². The molecule has 2 aliphatic carbocycles. The normalized spacial score (nSPS) is 19.7. The zero-order chi connectivity index (χ0) is 25.3. The molecule has 7 heteroatoms. The Morgan fingerprint density at radius 3 is 2.09 bits per heavy atom. The molecule has 1 unspecified atom stereocenters. The number of rotatable bonds is 7. The Morgan fingerprint density at radius 1 is 1.03 bits per heavy atom. The molecule has 0 aliphatic heterocycles. The van der Waals surface area contributed by atoms with E-state index in [0.29, 0.717) is 19.3 Å². The molecule has 2 aliphatic rings. The van der Waals surface area contributed by atoms with Crippen molar-refractivity contribution in [1.29, 1.82) is 0 Å². The summed E-state index contributed by atoms with van der Waals surface area (Å²) < 4.78 is 5.59. The third-order valence-electron chi connectivity index (χ3n) is 7.06. The molecule has 1 saturated carbocycles. The minimum Gasteiger partial charge on any atom is -0.480 e. The lowest BCUT2D eigenvalue weighted by molar-refractivity contribution is -0.153. The summed E-state index contributed by atoms with van der Waals surface area (Å²) in [7, 11) is 1.55. The molecule has 35 heavy (non-hydrogen) atoms. The molecule has 0 heterocycles. The van der Waals surface area contributed by atoms with Crippen LogP contribution in [0.15, 0.2) is 48.5 Å². The number of alkyl carbamates (subject to hydrolysis) is 1. The van der Waals surface area contributed by atoms with Gasteiger partial charge in [-0.05, 0) is 46.9 Å². The van der Waals surface area contributed by atoms with Gasteiger partial charge in [0.1, 0.15) is 12.6 Å². The van der Waals surface area contributed by atoms with Crippen LogP contribution in [-0.2, 0) is 14.3 Å². The van der Waals surface area contributed by atoms with Crippen molar-refractivity contribution in [3.8, 4) is 11.1 Å².